The number of benzene rings is 1. The van der Waals surface area contributed by atoms with Crippen molar-refractivity contribution in [1.82, 2.24) is 19.5 Å². The van der Waals surface area contributed by atoms with E-state index in [1.165, 1.54) is 89.8 Å². The lowest BCUT2D eigenvalue weighted by Gasteiger charge is -2.20. The first-order chi connectivity index (χ1) is 23.4. The summed E-state index contributed by atoms with van der Waals surface area (Å²) in [7, 11) is -3.56. The first-order valence-corrected chi connectivity index (χ1v) is 19.9. The Balaban J connectivity index is 1.29. The van der Waals surface area contributed by atoms with E-state index in [1.807, 2.05) is 30.3 Å². The van der Waals surface area contributed by atoms with Crippen molar-refractivity contribution in [2.45, 2.75) is 129 Å². The Morgan fingerprint density at radius 2 is 1.48 bits per heavy atom. The number of aromatic nitrogens is 4. The summed E-state index contributed by atoms with van der Waals surface area (Å²) >= 11 is 0. The van der Waals surface area contributed by atoms with Gasteiger partial charge in [0.05, 0.1) is 38.9 Å². The molecule has 0 aliphatic rings. The van der Waals surface area contributed by atoms with Crippen molar-refractivity contribution in [3.8, 4) is 0 Å². The maximum atomic E-state index is 13.6. The van der Waals surface area contributed by atoms with Crippen LogP contribution in [0, 0.1) is 0 Å². The number of ether oxygens (including phenoxy) is 2. The molecule has 0 bridgehead atoms. The van der Waals surface area contributed by atoms with Crippen molar-refractivity contribution in [3.05, 3.63) is 52.6 Å². The van der Waals surface area contributed by atoms with Crippen LogP contribution in [0.4, 0.5) is 5.95 Å². The average Bonchev–Trinajstić information content (AvgIpc) is 3.48. The number of nitrogens with one attached hydrogen (secondary N) is 1. The van der Waals surface area contributed by atoms with E-state index in [2.05, 4.69) is 28.8 Å². The summed E-state index contributed by atoms with van der Waals surface area (Å²) in [5, 5.41) is 0. The van der Waals surface area contributed by atoms with Gasteiger partial charge in [0.25, 0.3) is 5.56 Å². The van der Waals surface area contributed by atoms with Gasteiger partial charge >= 0.3 is 7.60 Å². The van der Waals surface area contributed by atoms with Crippen LogP contribution in [0.2, 0.25) is 0 Å². The van der Waals surface area contributed by atoms with Crippen molar-refractivity contribution >= 4 is 24.7 Å². The molecule has 0 saturated heterocycles. The quantitative estimate of drug-likeness (QED) is 0.0542. The largest absolute Gasteiger partial charge is 0.376 e. The number of nitrogens with two attached hydrogens (primary N) is 1. The minimum Gasteiger partial charge on any atom is -0.376 e. The second-order valence-electron chi connectivity index (χ2n) is 12.7. The highest BCUT2D eigenvalue weighted by Crippen LogP contribution is 2.48. The number of unbranched alkanes of at least 4 members (excludes halogenated alkanes) is 13. The van der Waals surface area contributed by atoms with Crippen molar-refractivity contribution < 1.29 is 23.1 Å². The molecule has 0 aliphatic heterocycles. The van der Waals surface area contributed by atoms with Crippen LogP contribution in [0.15, 0.2) is 41.5 Å². The molecule has 2 atom stereocenters. The molecular weight excluding hydrogens is 629 g/mol. The molecule has 2 heterocycles. The molecule has 0 fully saturated rings. The zero-order valence-corrected chi connectivity index (χ0v) is 30.3. The van der Waals surface area contributed by atoms with Crippen LogP contribution >= 0.6 is 7.60 Å². The van der Waals surface area contributed by atoms with Crippen molar-refractivity contribution in [2.24, 2.45) is 0 Å². The number of nitrogen functional groups attached to an aromatic ring is 1. The minimum absolute atomic E-state index is 0.0102. The summed E-state index contributed by atoms with van der Waals surface area (Å²) < 4.78 is 38.6. The number of aromatic amines is 1. The van der Waals surface area contributed by atoms with E-state index in [4.69, 9.17) is 24.3 Å². The van der Waals surface area contributed by atoms with E-state index < -0.39 is 13.2 Å². The maximum absolute atomic E-state index is 13.6. The van der Waals surface area contributed by atoms with Crippen LogP contribution in [0.25, 0.3) is 11.2 Å². The van der Waals surface area contributed by atoms with Gasteiger partial charge in [-0.05, 0) is 25.3 Å². The fraction of sp³-hybridized carbons (Fsp3) is 0.694. The summed E-state index contributed by atoms with van der Waals surface area (Å²) in [5.41, 5.74) is 6.92. The Bertz CT molecular complexity index is 1370. The number of nitrogens with zero attached hydrogens (tertiary/aromatic N) is 3. The summed E-state index contributed by atoms with van der Waals surface area (Å²) in [5.74, 6) is 0.0102. The predicted molar refractivity (Wildman–Crippen MR) is 193 cm³/mol. The van der Waals surface area contributed by atoms with Crippen molar-refractivity contribution in [1.29, 1.82) is 0 Å². The second-order valence-corrected chi connectivity index (χ2v) is 14.7. The van der Waals surface area contributed by atoms with Gasteiger partial charge in [0.15, 0.2) is 11.2 Å². The van der Waals surface area contributed by atoms with Gasteiger partial charge in [-0.15, -0.1) is 0 Å². The van der Waals surface area contributed by atoms with Crippen LogP contribution < -0.4 is 11.3 Å². The molecule has 0 radical (unpaired) electrons. The molecule has 3 rings (SSSR count). The molecule has 0 saturated carbocycles. The third-order valence-corrected chi connectivity index (χ3v) is 10.1. The number of rotatable bonds is 29. The zero-order valence-electron chi connectivity index (χ0n) is 29.4. The summed E-state index contributed by atoms with van der Waals surface area (Å²) in [6, 6.07) is 9.88. The van der Waals surface area contributed by atoms with Gasteiger partial charge in [-0.2, -0.15) is 4.98 Å². The van der Waals surface area contributed by atoms with E-state index in [0.717, 1.165) is 18.4 Å². The van der Waals surface area contributed by atoms with Crippen LogP contribution in [-0.2, 0) is 36.1 Å². The first-order valence-electron chi connectivity index (χ1n) is 18.2. The van der Waals surface area contributed by atoms with Gasteiger partial charge in [0, 0.05) is 6.54 Å². The number of H-pyrrole nitrogens is 1. The zero-order chi connectivity index (χ0) is 34.3. The molecule has 2 unspecified atom stereocenters. The second kappa shape index (κ2) is 23.7. The highest BCUT2D eigenvalue weighted by atomic mass is 31.2. The van der Waals surface area contributed by atoms with Crippen molar-refractivity contribution in [2.75, 3.05) is 38.5 Å². The first kappa shape index (κ1) is 39.9. The molecule has 2 aromatic heterocycles. The number of anilines is 1. The number of hydrogen-bond donors (Lipinski definition) is 2. The topological polar surface area (TPSA) is 144 Å². The Morgan fingerprint density at radius 3 is 2.15 bits per heavy atom. The van der Waals surface area contributed by atoms with Gasteiger partial charge in [-0.25, -0.2) is 4.98 Å². The molecular formula is C36H60N5O6P. The molecule has 3 N–H and O–H groups in total. The number of imidazole rings is 1. The lowest BCUT2D eigenvalue weighted by molar-refractivity contribution is 0.0313. The standard InChI is InChI=1S/C36H60N5O6P/c1-3-4-5-6-7-8-9-10-11-12-13-14-15-17-20-31(2)45-27-28-47-48(43,46-25-23-32-21-18-16-19-22-32)30-44-26-24-41-29-38-33-34(41)39-36(37)40-35(33)42/h16,18-19,21-22,29,31H,3-15,17,20,23-28,30H2,1-2H3,(H3,37,39,40,42). The monoisotopic (exact) mass is 689 g/mol. The van der Waals surface area contributed by atoms with Crippen LogP contribution in [0.1, 0.15) is 116 Å². The van der Waals surface area contributed by atoms with E-state index in [9.17, 15) is 9.36 Å². The molecule has 11 nitrogen and oxygen atoms in total. The van der Waals surface area contributed by atoms with Gasteiger partial charge < -0.3 is 28.8 Å². The third-order valence-electron chi connectivity index (χ3n) is 8.48. The Morgan fingerprint density at radius 1 is 0.854 bits per heavy atom. The van der Waals surface area contributed by atoms with Gasteiger partial charge in [0.2, 0.25) is 5.95 Å². The van der Waals surface area contributed by atoms with Crippen LogP contribution in [0.3, 0.4) is 0 Å². The lowest BCUT2D eigenvalue weighted by atomic mass is 10.0. The fourth-order valence-corrected chi connectivity index (χ4v) is 6.97. The Labute approximate surface area is 287 Å². The smallest absolute Gasteiger partial charge is 0.356 e. The Kier molecular flexibility index (Phi) is 19.7. The highest BCUT2D eigenvalue weighted by molar-refractivity contribution is 7.53. The SMILES string of the molecule is CCCCCCCCCCCCCCCCC(C)OCCOP(=O)(COCCn1cnc2c(=O)[nH]c(N)nc21)OCCc1ccccc1. The maximum Gasteiger partial charge on any atom is 0.356 e. The van der Waals surface area contributed by atoms with Crippen LogP contribution in [0.5, 0.6) is 0 Å². The summed E-state index contributed by atoms with van der Waals surface area (Å²) in [6.45, 7) is 5.57. The molecule has 0 amide bonds. The fourth-order valence-electron chi connectivity index (χ4n) is 5.67. The lowest BCUT2D eigenvalue weighted by Crippen LogP contribution is -2.15. The molecule has 1 aromatic carbocycles. The number of hydrogen-bond acceptors (Lipinski definition) is 9. The van der Waals surface area contributed by atoms with E-state index in [0.29, 0.717) is 25.2 Å². The summed E-state index contributed by atoms with van der Waals surface area (Å²) in [4.78, 5) is 22.7. The van der Waals surface area contributed by atoms with Gasteiger partial charge in [-0.3, -0.25) is 14.3 Å². The van der Waals surface area contributed by atoms with Gasteiger partial charge in [-0.1, -0.05) is 127 Å². The minimum atomic E-state index is -3.56. The summed E-state index contributed by atoms with van der Waals surface area (Å²) in [6.07, 6.45) is 21.9. The number of fused-ring (bicyclic) bond motifs is 1. The van der Waals surface area contributed by atoms with Crippen molar-refractivity contribution in [3.63, 3.8) is 0 Å². The molecule has 48 heavy (non-hydrogen) atoms. The van der Waals surface area contributed by atoms with E-state index in [-0.39, 0.29) is 43.7 Å². The van der Waals surface area contributed by atoms with E-state index >= 15 is 0 Å². The highest BCUT2D eigenvalue weighted by Gasteiger charge is 2.25. The average molecular weight is 690 g/mol. The Hall–Kier alpha value is -2.56. The van der Waals surface area contributed by atoms with Gasteiger partial charge in [0.1, 0.15) is 6.35 Å². The van der Waals surface area contributed by atoms with E-state index in [1.54, 1.807) is 4.57 Å². The third kappa shape index (κ3) is 16.2. The normalized spacial score (nSPS) is 13.6. The molecule has 12 heteroatoms. The van der Waals surface area contributed by atoms with Crippen LogP contribution in [-0.4, -0.2) is 58.4 Å². The molecule has 0 aliphatic carbocycles. The molecule has 270 valence electrons. The molecule has 3 aromatic rings. The molecule has 0 spiro atoms. The predicted octanol–water partition coefficient (Wildman–Crippen LogP) is 8.42.